The van der Waals surface area contributed by atoms with Crippen molar-refractivity contribution in [3.63, 3.8) is 0 Å². The van der Waals surface area contributed by atoms with E-state index in [0.29, 0.717) is 10.6 Å². The maximum absolute atomic E-state index is 12.1. The predicted octanol–water partition coefficient (Wildman–Crippen LogP) is 1.83. The van der Waals surface area contributed by atoms with Gasteiger partial charge in [0.25, 0.3) is 0 Å². The Labute approximate surface area is 117 Å². The molecule has 0 aliphatic rings. The van der Waals surface area contributed by atoms with E-state index in [4.69, 9.17) is 17.3 Å². The van der Waals surface area contributed by atoms with Crippen LogP contribution in [0.25, 0.3) is 0 Å². The molecule has 0 spiro atoms. The number of sulfonamides is 1. The van der Waals surface area contributed by atoms with Crippen LogP contribution < -0.4 is 10.5 Å². The van der Waals surface area contributed by atoms with E-state index in [1.54, 1.807) is 17.8 Å². The van der Waals surface area contributed by atoms with Crippen LogP contribution in [0.15, 0.2) is 23.1 Å². The molecular weight excluding hydrogens is 292 g/mol. The average Bonchev–Trinajstić information content (AvgIpc) is 2.28. The number of nitrogens with one attached hydrogen (secondary N) is 1. The lowest BCUT2D eigenvalue weighted by Gasteiger charge is -2.13. The summed E-state index contributed by atoms with van der Waals surface area (Å²) in [6, 6.07) is 4.42. The van der Waals surface area contributed by atoms with Gasteiger partial charge in [-0.25, -0.2) is 13.1 Å². The summed E-state index contributed by atoms with van der Waals surface area (Å²) in [6.45, 7) is 2.04. The molecule has 1 aromatic rings. The molecule has 18 heavy (non-hydrogen) atoms. The van der Waals surface area contributed by atoms with Gasteiger partial charge in [0.05, 0.1) is 4.90 Å². The lowest BCUT2D eigenvalue weighted by molar-refractivity contribution is 0.571. The molecule has 4 nitrogen and oxygen atoms in total. The van der Waals surface area contributed by atoms with Gasteiger partial charge in [0.1, 0.15) is 0 Å². The molecule has 0 aromatic heterocycles. The molecule has 0 bridgehead atoms. The second-order valence-electron chi connectivity index (χ2n) is 3.94. The molecule has 0 aliphatic carbocycles. The number of thioether (sulfide) groups is 1. The van der Waals surface area contributed by atoms with Crippen LogP contribution >= 0.6 is 23.4 Å². The molecule has 0 aliphatic heterocycles. The van der Waals surface area contributed by atoms with E-state index in [1.165, 1.54) is 12.1 Å². The molecule has 1 atom stereocenters. The van der Waals surface area contributed by atoms with Crippen molar-refractivity contribution < 1.29 is 8.42 Å². The van der Waals surface area contributed by atoms with E-state index in [0.717, 1.165) is 5.75 Å². The molecular formula is C11H17ClN2O2S2. The van der Waals surface area contributed by atoms with Crippen LogP contribution in [-0.2, 0) is 16.6 Å². The van der Waals surface area contributed by atoms with E-state index in [1.807, 2.05) is 13.2 Å². The SMILES string of the molecule is CSCC(C)NS(=O)(=O)c1ccc(Cl)c(CN)c1. The Kier molecular flexibility index (Phi) is 5.94. The molecule has 7 heteroatoms. The molecule has 1 aromatic carbocycles. The van der Waals surface area contributed by atoms with E-state index >= 15 is 0 Å². The third kappa shape index (κ3) is 4.13. The first kappa shape index (κ1) is 15.8. The first-order valence-electron chi connectivity index (χ1n) is 5.40. The molecule has 0 radical (unpaired) electrons. The highest BCUT2D eigenvalue weighted by Gasteiger charge is 2.18. The summed E-state index contributed by atoms with van der Waals surface area (Å²) in [5.74, 6) is 0.719. The summed E-state index contributed by atoms with van der Waals surface area (Å²) >= 11 is 7.49. The molecule has 1 rings (SSSR count). The summed E-state index contributed by atoms with van der Waals surface area (Å²) in [6.07, 6.45) is 1.93. The maximum atomic E-state index is 12.1. The van der Waals surface area contributed by atoms with Gasteiger partial charge in [0.2, 0.25) is 10.0 Å². The molecule has 1 unspecified atom stereocenters. The van der Waals surface area contributed by atoms with Crippen molar-refractivity contribution in [3.05, 3.63) is 28.8 Å². The van der Waals surface area contributed by atoms with Crippen LogP contribution in [0.3, 0.4) is 0 Å². The molecule has 102 valence electrons. The Balaban J connectivity index is 2.98. The van der Waals surface area contributed by atoms with Crippen LogP contribution in [0, 0.1) is 0 Å². The van der Waals surface area contributed by atoms with Crippen LogP contribution in [0.4, 0.5) is 0 Å². The molecule has 0 saturated heterocycles. The Morgan fingerprint density at radius 3 is 2.72 bits per heavy atom. The smallest absolute Gasteiger partial charge is 0.240 e. The first-order chi connectivity index (χ1) is 8.40. The highest BCUT2D eigenvalue weighted by atomic mass is 35.5. The van der Waals surface area contributed by atoms with Crippen molar-refractivity contribution in [2.75, 3.05) is 12.0 Å². The number of nitrogens with two attached hydrogens (primary N) is 1. The molecule has 0 amide bonds. The summed E-state index contributed by atoms with van der Waals surface area (Å²) < 4.78 is 26.8. The summed E-state index contributed by atoms with van der Waals surface area (Å²) in [5.41, 5.74) is 6.13. The van der Waals surface area contributed by atoms with Crippen molar-refractivity contribution in [3.8, 4) is 0 Å². The Morgan fingerprint density at radius 1 is 1.50 bits per heavy atom. The van der Waals surface area contributed by atoms with Gasteiger partial charge in [-0.15, -0.1) is 0 Å². The van der Waals surface area contributed by atoms with Crippen molar-refractivity contribution in [1.29, 1.82) is 0 Å². The monoisotopic (exact) mass is 308 g/mol. The van der Waals surface area contributed by atoms with Crippen molar-refractivity contribution >= 4 is 33.4 Å². The van der Waals surface area contributed by atoms with E-state index in [-0.39, 0.29) is 17.5 Å². The van der Waals surface area contributed by atoms with Gasteiger partial charge in [-0.3, -0.25) is 0 Å². The zero-order valence-electron chi connectivity index (χ0n) is 10.3. The summed E-state index contributed by atoms with van der Waals surface area (Å²) in [4.78, 5) is 0.195. The highest BCUT2D eigenvalue weighted by molar-refractivity contribution is 7.98. The minimum absolute atomic E-state index is 0.123. The summed E-state index contributed by atoms with van der Waals surface area (Å²) in [7, 11) is -3.51. The topological polar surface area (TPSA) is 72.2 Å². The maximum Gasteiger partial charge on any atom is 0.240 e. The van der Waals surface area contributed by atoms with Gasteiger partial charge in [-0.2, -0.15) is 11.8 Å². The molecule has 0 fully saturated rings. The van der Waals surface area contributed by atoms with Gasteiger partial charge in [0, 0.05) is 23.4 Å². The lowest BCUT2D eigenvalue weighted by Crippen LogP contribution is -2.34. The van der Waals surface area contributed by atoms with E-state index < -0.39 is 10.0 Å². The Morgan fingerprint density at radius 2 is 2.17 bits per heavy atom. The van der Waals surface area contributed by atoms with Gasteiger partial charge in [0.15, 0.2) is 0 Å². The standard InChI is InChI=1S/C11H17ClN2O2S2/c1-8(7-17-2)14-18(15,16)10-3-4-11(12)9(5-10)6-13/h3-5,8,14H,6-7,13H2,1-2H3. The van der Waals surface area contributed by atoms with E-state index in [9.17, 15) is 8.42 Å². The number of halogens is 1. The van der Waals surface area contributed by atoms with Crippen LogP contribution in [0.2, 0.25) is 5.02 Å². The van der Waals surface area contributed by atoms with Gasteiger partial charge >= 0.3 is 0 Å². The molecule has 0 heterocycles. The van der Waals surface area contributed by atoms with Crippen LogP contribution in [0.5, 0.6) is 0 Å². The quantitative estimate of drug-likeness (QED) is 0.841. The third-order valence-electron chi connectivity index (χ3n) is 2.32. The average molecular weight is 309 g/mol. The van der Waals surface area contributed by atoms with Gasteiger partial charge in [-0.1, -0.05) is 11.6 Å². The third-order valence-corrected chi connectivity index (χ3v) is 5.11. The fourth-order valence-corrected chi connectivity index (χ4v) is 3.67. The van der Waals surface area contributed by atoms with Crippen LogP contribution in [-0.4, -0.2) is 26.5 Å². The normalized spacial score (nSPS) is 13.6. The van der Waals surface area contributed by atoms with Crippen molar-refractivity contribution in [2.45, 2.75) is 24.4 Å². The fraction of sp³-hybridized carbons (Fsp3) is 0.455. The Hall–Kier alpha value is -0.270. The Bertz CT molecular complexity index is 506. The lowest BCUT2D eigenvalue weighted by atomic mass is 10.2. The van der Waals surface area contributed by atoms with Gasteiger partial charge < -0.3 is 5.73 Å². The van der Waals surface area contributed by atoms with Crippen molar-refractivity contribution in [1.82, 2.24) is 4.72 Å². The zero-order chi connectivity index (χ0) is 13.8. The van der Waals surface area contributed by atoms with Gasteiger partial charge in [-0.05, 0) is 36.9 Å². The second kappa shape index (κ2) is 6.77. The largest absolute Gasteiger partial charge is 0.326 e. The van der Waals surface area contributed by atoms with Crippen LogP contribution in [0.1, 0.15) is 12.5 Å². The predicted molar refractivity (Wildman–Crippen MR) is 77.5 cm³/mol. The number of rotatable bonds is 6. The highest BCUT2D eigenvalue weighted by Crippen LogP contribution is 2.20. The zero-order valence-corrected chi connectivity index (χ0v) is 12.7. The second-order valence-corrected chi connectivity index (χ2v) is 6.97. The molecule has 3 N–H and O–H groups in total. The fourth-order valence-electron chi connectivity index (χ4n) is 1.49. The molecule has 0 saturated carbocycles. The minimum atomic E-state index is -3.51. The summed E-state index contributed by atoms with van der Waals surface area (Å²) in [5, 5.41) is 0.480. The number of hydrogen-bond acceptors (Lipinski definition) is 4. The first-order valence-corrected chi connectivity index (χ1v) is 8.66. The number of benzene rings is 1. The number of hydrogen-bond donors (Lipinski definition) is 2. The van der Waals surface area contributed by atoms with E-state index in [2.05, 4.69) is 4.72 Å². The van der Waals surface area contributed by atoms with Crippen molar-refractivity contribution in [2.24, 2.45) is 5.73 Å². The minimum Gasteiger partial charge on any atom is -0.326 e.